The van der Waals surface area contributed by atoms with Crippen molar-refractivity contribution in [1.82, 2.24) is 9.80 Å². The van der Waals surface area contributed by atoms with Crippen LogP contribution < -0.4 is 0 Å². The highest BCUT2D eigenvalue weighted by molar-refractivity contribution is 5.75. The van der Waals surface area contributed by atoms with Crippen LogP contribution in [0.2, 0.25) is 0 Å². The molecule has 2 amide bonds. The quantitative estimate of drug-likeness (QED) is 0.840. The summed E-state index contributed by atoms with van der Waals surface area (Å²) in [6, 6.07) is 9.64. The summed E-state index contributed by atoms with van der Waals surface area (Å²) in [7, 11) is 0. The maximum Gasteiger partial charge on any atom is 0.320 e. The monoisotopic (exact) mass is 292 g/mol. The first-order valence-corrected chi connectivity index (χ1v) is 7.27. The van der Waals surface area contributed by atoms with Gasteiger partial charge < -0.3 is 14.9 Å². The summed E-state index contributed by atoms with van der Waals surface area (Å²) in [6.45, 7) is 7.08. The minimum atomic E-state index is -0.889. The molecule has 0 aliphatic carbocycles. The molecule has 0 aromatic heterocycles. The Bertz CT molecular complexity index is 460. The van der Waals surface area contributed by atoms with E-state index in [4.69, 9.17) is 5.11 Å². The van der Waals surface area contributed by atoms with Crippen LogP contribution in [-0.4, -0.2) is 46.0 Å². The van der Waals surface area contributed by atoms with Crippen molar-refractivity contribution in [2.45, 2.75) is 39.8 Å². The normalized spacial score (nSPS) is 10.5. The summed E-state index contributed by atoms with van der Waals surface area (Å²) in [5.74, 6) is -0.889. The van der Waals surface area contributed by atoms with Crippen molar-refractivity contribution in [3.05, 3.63) is 35.9 Å². The summed E-state index contributed by atoms with van der Waals surface area (Å²) in [6.07, 6.45) is -0.0349. The first-order chi connectivity index (χ1) is 9.95. The molecule has 0 heterocycles. The van der Waals surface area contributed by atoms with Gasteiger partial charge in [-0.3, -0.25) is 4.79 Å². The molecule has 0 fully saturated rings. The van der Waals surface area contributed by atoms with E-state index in [-0.39, 0.29) is 25.0 Å². The van der Waals surface area contributed by atoms with Gasteiger partial charge in [-0.15, -0.1) is 0 Å². The topological polar surface area (TPSA) is 60.9 Å². The Labute approximate surface area is 126 Å². The fraction of sp³-hybridized carbons (Fsp3) is 0.500. The van der Waals surface area contributed by atoms with Crippen molar-refractivity contribution in [2.75, 3.05) is 13.1 Å². The predicted octanol–water partition coefficient (Wildman–Crippen LogP) is 2.81. The Balaban J connectivity index is 2.76. The van der Waals surface area contributed by atoms with E-state index < -0.39 is 5.97 Å². The van der Waals surface area contributed by atoms with Crippen LogP contribution in [0, 0.1) is 0 Å². The van der Waals surface area contributed by atoms with Crippen molar-refractivity contribution in [3.63, 3.8) is 0 Å². The second-order valence-corrected chi connectivity index (χ2v) is 5.21. The Kier molecular flexibility index (Phi) is 6.72. The zero-order chi connectivity index (χ0) is 15.8. The first kappa shape index (κ1) is 17.0. The van der Waals surface area contributed by atoms with Crippen LogP contribution in [0.3, 0.4) is 0 Å². The Hall–Kier alpha value is -2.04. The molecular weight excluding hydrogens is 268 g/mol. The van der Waals surface area contributed by atoms with Gasteiger partial charge >= 0.3 is 12.0 Å². The summed E-state index contributed by atoms with van der Waals surface area (Å²) in [5, 5.41) is 8.81. The number of nitrogens with zero attached hydrogens (tertiary/aromatic N) is 2. The molecule has 5 nitrogen and oxygen atoms in total. The third-order valence-corrected chi connectivity index (χ3v) is 3.30. The lowest BCUT2D eigenvalue weighted by atomic mass is 10.2. The molecule has 0 saturated carbocycles. The van der Waals surface area contributed by atoms with Gasteiger partial charge in [-0.2, -0.15) is 0 Å². The summed E-state index contributed by atoms with van der Waals surface area (Å²) < 4.78 is 0. The molecule has 1 aromatic rings. The zero-order valence-electron chi connectivity index (χ0n) is 13.0. The van der Waals surface area contributed by atoms with Gasteiger partial charge in [-0.1, -0.05) is 30.3 Å². The van der Waals surface area contributed by atoms with E-state index >= 15 is 0 Å². The van der Waals surface area contributed by atoms with Gasteiger partial charge in [0.05, 0.1) is 6.42 Å². The second kappa shape index (κ2) is 8.29. The number of carboxylic acids is 1. The fourth-order valence-corrected chi connectivity index (χ4v) is 2.09. The molecule has 0 atom stereocenters. The number of aliphatic carboxylic acids is 1. The number of carboxylic acid groups (broad SMARTS) is 1. The standard InChI is InChI=1S/C16H24N2O3/c1-4-17(12-14-8-6-5-7-9-14)16(21)18(13(2)3)11-10-15(19)20/h5-9,13H,4,10-12H2,1-3H3,(H,19,20). The van der Waals surface area contributed by atoms with E-state index in [2.05, 4.69) is 0 Å². The Morgan fingerprint density at radius 3 is 2.29 bits per heavy atom. The molecule has 1 N–H and O–H groups in total. The van der Waals surface area contributed by atoms with Crippen LogP contribution in [0.4, 0.5) is 4.79 Å². The SMILES string of the molecule is CCN(Cc1ccccc1)C(=O)N(CCC(=O)O)C(C)C. The van der Waals surface area contributed by atoms with E-state index in [1.165, 1.54) is 0 Å². The van der Waals surface area contributed by atoms with Crippen LogP contribution in [0.15, 0.2) is 30.3 Å². The van der Waals surface area contributed by atoms with Crippen LogP contribution in [0.25, 0.3) is 0 Å². The summed E-state index contributed by atoms with van der Waals surface area (Å²) in [5.41, 5.74) is 1.06. The molecule has 0 saturated heterocycles. The van der Waals surface area contributed by atoms with Crippen molar-refractivity contribution in [2.24, 2.45) is 0 Å². The molecule has 0 aliphatic heterocycles. The maximum absolute atomic E-state index is 12.6. The fourth-order valence-electron chi connectivity index (χ4n) is 2.09. The minimum absolute atomic E-state index is 0.0262. The molecule has 0 spiro atoms. The highest BCUT2D eigenvalue weighted by Crippen LogP contribution is 2.10. The molecule has 1 aromatic carbocycles. The number of rotatable bonds is 7. The van der Waals surface area contributed by atoms with Gasteiger partial charge in [0.15, 0.2) is 0 Å². The third kappa shape index (κ3) is 5.45. The van der Waals surface area contributed by atoms with Crippen molar-refractivity contribution in [3.8, 4) is 0 Å². The van der Waals surface area contributed by atoms with Crippen molar-refractivity contribution < 1.29 is 14.7 Å². The van der Waals surface area contributed by atoms with Gasteiger partial charge in [0.25, 0.3) is 0 Å². The first-order valence-electron chi connectivity index (χ1n) is 7.27. The van der Waals surface area contributed by atoms with Gasteiger partial charge in [0, 0.05) is 25.7 Å². The summed E-state index contributed by atoms with van der Waals surface area (Å²) in [4.78, 5) is 26.7. The lowest BCUT2D eigenvalue weighted by molar-refractivity contribution is -0.137. The van der Waals surface area contributed by atoms with Crippen molar-refractivity contribution in [1.29, 1.82) is 0 Å². The van der Waals surface area contributed by atoms with E-state index in [9.17, 15) is 9.59 Å². The second-order valence-electron chi connectivity index (χ2n) is 5.21. The minimum Gasteiger partial charge on any atom is -0.481 e. The number of amides is 2. The molecular formula is C16H24N2O3. The molecule has 116 valence electrons. The average Bonchev–Trinajstić information content (AvgIpc) is 2.45. The number of carbonyl (C=O) groups is 2. The predicted molar refractivity (Wildman–Crippen MR) is 82.0 cm³/mol. The maximum atomic E-state index is 12.6. The molecule has 0 unspecified atom stereocenters. The van der Waals surface area contributed by atoms with E-state index in [0.717, 1.165) is 5.56 Å². The molecule has 0 bridgehead atoms. The van der Waals surface area contributed by atoms with Crippen LogP contribution >= 0.6 is 0 Å². The van der Waals surface area contributed by atoms with Crippen molar-refractivity contribution >= 4 is 12.0 Å². The molecule has 0 aliphatic rings. The van der Waals surface area contributed by atoms with E-state index in [0.29, 0.717) is 13.1 Å². The zero-order valence-corrected chi connectivity index (χ0v) is 13.0. The number of urea groups is 1. The van der Waals surface area contributed by atoms with Gasteiger partial charge in [-0.25, -0.2) is 4.79 Å². The lowest BCUT2D eigenvalue weighted by Gasteiger charge is -2.32. The largest absolute Gasteiger partial charge is 0.481 e. The Morgan fingerprint density at radius 2 is 1.81 bits per heavy atom. The van der Waals surface area contributed by atoms with E-state index in [1.54, 1.807) is 9.80 Å². The van der Waals surface area contributed by atoms with Gasteiger partial charge in [-0.05, 0) is 26.3 Å². The Morgan fingerprint density at radius 1 is 1.19 bits per heavy atom. The molecule has 1 rings (SSSR count). The third-order valence-electron chi connectivity index (χ3n) is 3.30. The highest BCUT2D eigenvalue weighted by Gasteiger charge is 2.22. The number of hydrogen-bond acceptors (Lipinski definition) is 2. The average molecular weight is 292 g/mol. The van der Waals surface area contributed by atoms with Crippen LogP contribution in [0.5, 0.6) is 0 Å². The number of benzene rings is 1. The lowest BCUT2D eigenvalue weighted by Crippen LogP contribution is -2.46. The molecule has 0 radical (unpaired) electrons. The smallest absolute Gasteiger partial charge is 0.320 e. The van der Waals surface area contributed by atoms with Crippen LogP contribution in [-0.2, 0) is 11.3 Å². The highest BCUT2D eigenvalue weighted by atomic mass is 16.4. The molecule has 21 heavy (non-hydrogen) atoms. The number of hydrogen-bond donors (Lipinski definition) is 1. The van der Waals surface area contributed by atoms with Gasteiger partial charge in [0.2, 0.25) is 0 Å². The van der Waals surface area contributed by atoms with Crippen LogP contribution in [0.1, 0.15) is 32.8 Å². The van der Waals surface area contributed by atoms with E-state index in [1.807, 2.05) is 51.1 Å². The number of carbonyl (C=O) groups excluding carboxylic acids is 1. The molecule has 5 heteroatoms. The van der Waals surface area contributed by atoms with Gasteiger partial charge in [0.1, 0.15) is 0 Å². The summed E-state index contributed by atoms with van der Waals surface area (Å²) >= 11 is 0.